The Morgan fingerprint density at radius 2 is 1.34 bits per heavy atom. The summed E-state index contributed by atoms with van der Waals surface area (Å²) < 4.78 is 15.5. The maximum absolute atomic E-state index is 11.7. The Morgan fingerprint density at radius 1 is 0.750 bits per heavy atom. The fraction of sp³-hybridized carbons (Fsp3) is 0.833. The van der Waals surface area contributed by atoms with Crippen LogP contribution in [0.15, 0.2) is 12.2 Å². The van der Waals surface area contributed by atoms with Crippen LogP contribution in [0.1, 0.15) is 70.6 Å². The average molecular weight is 475 g/mol. The normalized spacial score (nSPS) is 11.2. The molecule has 0 atom stereocenters. The van der Waals surface area contributed by atoms with Gasteiger partial charge in [0.25, 0.3) is 0 Å². The van der Waals surface area contributed by atoms with Crippen LogP contribution in [0.2, 0.25) is 0 Å². The van der Waals surface area contributed by atoms with E-state index in [2.05, 4.69) is 23.3 Å². The van der Waals surface area contributed by atoms with E-state index in [0.29, 0.717) is 58.3 Å². The highest BCUT2D eigenvalue weighted by molar-refractivity contribution is 7.80. The van der Waals surface area contributed by atoms with Gasteiger partial charge in [-0.05, 0) is 25.3 Å². The molecule has 0 aromatic carbocycles. The topological polar surface area (TPSA) is 85.9 Å². The lowest BCUT2D eigenvalue weighted by Crippen LogP contribution is -2.26. The molecule has 0 heterocycles. The van der Waals surface area contributed by atoms with Crippen molar-refractivity contribution in [2.24, 2.45) is 0 Å². The predicted molar refractivity (Wildman–Crippen MR) is 133 cm³/mol. The standard InChI is InChI=1S/C24H46N2O5S/c1-29-18-19-31-21-20-30-17-15-25-23(27)13-11-9-7-5-3-2-4-6-8-10-12-14-24(28)26-16-22-32/h11,13,32H,2-10,12,14-22H2,1H3,(H,25,27)(H,26,28)/b13-11+. The number of amides is 2. The first kappa shape index (κ1) is 30.9. The Balaban J connectivity index is 3.27. The van der Waals surface area contributed by atoms with Gasteiger partial charge in [0.05, 0.1) is 33.0 Å². The molecule has 0 unspecified atom stereocenters. The lowest BCUT2D eigenvalue weighted by Gasteiger charge is -2.06. The molecule has 0 saturated carbocycles. The molecule has 0 radical (unpaired) electrons. The van der Waals surface area contributed by atoms with Crippen molar-refractivity contribution in [1.82, 2.24) is 10.6 Å². The number of ether oxygens (including phenoxy) is 3. The molecule has 0 spiro atoms. The lowest BCUT2D eigenvalue weighted by molar-refractivity contribution is -0.121. The highest BCUT2D eigenvalue weighted by atomic mass is 32.1. The molecule has 0 aliphatic rings. The van der Waals surface area contributed by atoms with E-state index >= 15 is 0 Å². The SMILES string of the molecule is COCCOCCOCCNC(=O)/C=C/CCCCCCCCCCCC(=O)NCCS. The summed E-state index contributed by atoms with van der Waals surface area (Å²) in [6.07, 6.45) is 15.8. The van der Waals surface area contributed by atoms with E-state index in [-0.39, 0.29) is 11.8 Å². The maximum atomic E-state index is 11.7. The van der Waals surface area contributed by atoms with Crippen LogP contribution in [-0.2, 0) is 23.8 Å². The van der Waals surface area contributed by atoms with E-state index in [4.69, 9.17) is 14.2 Å². The first-order valence-corrected chi connectivity index (χ1v) is 12.8. The molecule has 0 bridgehead atoms. The fourth-order valence-corrected chi connectivity index (χ4v) is 3.14. The number of carbonyl (C=O) groups is 2. The minimum Gasteiger partial charge on any atom is -0.382 e. The van der Waals surface area contributed by atoms with Crippen LogP contribution in [0, 0.1) is 0 Å². The second kappa shape index (κ2) is 26.2. The van der Waals surface area contributed by atoms with Crippen LogP contribution < -0.4 is 10.6 Å². The Morgan fingerprint density at radius 3 is 2.00 bits per heavy atom. The van der Waals surface area contributed by atoms with Crippen LogP contribution in [-0.4, -0.2) is 70.8 Å². The van der Waals surface area contributed by atoms with Gasteiger partial charge < -0.3 is 24.8 Å². The van der Waals surface area contributed by atoms with E-state index in [1.54, 1.807) is 13.2 Å². The molecule has 0 rings (SSSR count). The predicted octanol–water partition coefficient (Wildman–Crippen LogP) is 3.68. The van der Waals surface area contributed by atoms with E-state index in [0.717, 1.165) is 25.7 Å². The van der Waals surface area contributed by atoms with Crippen LogP contribution in [0.4, 0.5) is 0 Å². The first-order valence-electron chi connectivity index (χ1n) is 12.2. The van der Waals surface area contributed by atoms with E-state index < -0.39 is 0 Å². The second-order valence-electron chi connectivity index (χ2n) is 7.71. The van der Waals surface area contributed by atoms with Crippen molar-refractivity contribution < 1.29 is 23.8 Å². The van der Waals surface area contributed by atoms with Crippen molar-refractivity contribution in [2.75, 3.05) is 59.0 Å². The minimum atomic E-state index is -0.0656. The number of methoxy groups -OCH3 is 1. The largest absolute Gasteiger partial charge is 0.382 e. The molecule has 8 heteroatoms. The Hall–Kier alpha value is -1.09. The average Bonchev–Trinajstić information content (AvgIpc) is 2.79. The molecule has 188 valence electrons. The number of hydrogen-bond donors (Lipinski definition) is 3. The molecule has 2 amide bonds. The monoisotopic (exact) mass is 474 g/mol. The summed E-state index contributed by atoms with van der Waals surface area (Å²) in [6.45, 7) is 3.86. The minimum absolute atomic E-state index is 0.0656. The number of unbranched alkanes of at least 4 members (excludes halogenated alkanes) is 9. The third-order valence-corrected chi connectivity index (χ3v) is 5.05. The zero-order valence-corrected chi connectivity index (χ0v) is 21.0. The zero-order valence-electron chi connectivity index (χ0n) is 20.1. The number of allylic oxidation sites excluding steroid dienone is 1. The first-order chi connectivity index (χ1) is 15.7. The van der Waals surface area contributed by atoms with Crippen molar-refractivity contribution in [3.05, 3.63) is 12.2 Å². The summed E-state index contributed by atoms with van der Waals surface area (Å²) in [6, 6.07) is 0. The number of hydrogen-bond acceptors (Lipinski definition) is 6. The molecule has 2 N–H and O–H groups in total. The van der Waals surface area contributed by atoms with Crippen molar-refractivity contribution in [3.8, 4) is 0 Å². The summed E-state index contributed by atoms with van der Waals surface area (Å²) in [7, 11) is 1.64. The molecular formula is C24H46N2O5S. The van der Waals surface area contributed by atoms with Gasteiger partial charge in [-0.3, -0.25) is 9.59 Å². The highest BCUT2D eigenvalue weighted by Gasteiger charge is 1.99. The maximum Gasteiger partial charge on any atom is 0.243 e. The third-order valence-electron chi connectivity index (χ3n) is 4.83. The molecular weight excluding hydrogens is 428 g/mol. The number of rotatable bonds is 24. The molecule has 0 aliphatic heterocycles. The fourth-order valence-electron chi connectivity index (χ4n) is 3.03. The quantitative estimate of drug-likeness (QED) is 0.113. The summed E-state index contributed by atoms with van der Waals surface area (Å²) in [5.41, 5.74) is 0. The van der Waals surface area contributed by atoms with Gasteiger partial charge in [-0.15, -0.1) is 0 Å². The lowest BCUT2D eigenvalue weighted by atomic mass is 10.1. The van der Waals surface area contributed by atoms with Gasteiger partial charge in [0.1, 0.15) is 0 Å². The van der Waals surface area contributed by atoms with Crippen molar-refractivity contribution in [2.45, 2.75) is 70.6 Å². The Bertz CT molecular complexity index is 464. The van der Waals surface area contributed by atoms with Gasteiger partial charge in [0.2, 0.25) is 11.8 Å². The molecule has 32 heavy (non-hydrogen) atoms. The van der Waals surface area contributed by atoms with Gasteiger partial charge in [-0.1, -0.05) is 51.0 Å². The van der Waals surface area contributed by atoms with Crippen LogP contribution in [0.25, 0.3) is 0 Å². The summed E-state index contributed by atoms with van der Waals surface area (Å²) in [5, 5.41) is 5.66. The van der Waals surface area contributed by atoms with E-state index in [1.165, 1.54) is 38.5 Å². The van der Waals surface area contributed by atoms with Crippen LogP contribution >= 0.6 is 12.6 Å². The number of thiol groups is 1. The highest BCUT2D eigenvalue weighted by Crippen LogP contribution is 2.11. The van der Waals surface area contributed by atoms with Gasteiger partial charge >= 0.3 is 0 Å². The summed E-state index contributed by atoms with van der Waals surface area (Å²) in [5.74, 6) is 0.778. The Kier molecular flexibility index (Phi) is 25.3. The molecule has 0 aromatic heterocycles. The van der Waals surface area contributed by atoms with E-state index in [9.17, 15) is 9.59 Å². The van der Waals surface area contributed by atoms with Crippen molar-refractivity contribution in [1.29, 1.82) is 0 Å². The van der Waals surface area contributed by atoms with Gasteiger partial charge in [-0.25, -0.2) is 0 Å². The van der Waals surface area contributed by atoms with Crippen molar-refractivity contribution >= 4 is 24.4 Å². The smallest absolute Gasteiger partial charge is 0.243 e. The second-order valence-corrected chi connectivity index (χ2v) is 8.15. The number of nitrogens with one attached hydrogen (secondary N) is 2. The van der Waals surface area contributed by atoms with Gasteiger partial charge in [-0.2, -0.15) is 12.6 Å². The van der Waals surface area contributed by atoms with Crippen molar-refractivity contribution in [3.63, 3.8) is 0 Å². The summed E-state index contributed by atoms with van der Waals surface area (Å²) in [4.78, 5) is 23.2. The molecule has 0 saturated heterocycles. The van der Waals surface area contributed by atoms with Gasteiger partial charge in [0.15, 0.2) is 0 Å². The van der Waals surface area contributed by atoms with Crippen LogP contribution in [0.5, 0.6) is 0 Å². The molecule has 0 aliphatic carbocycles. The van der Waals surface area contributed by atoms with Crippen LogP contribution in [0.3, 0.4) is 0 Å². The number of carbonyl (C=O) groups excluding carboxylic acids is 2. The van der Waals surface area contributed by atoms with Gasteiger partial charge in [0, 0.05) is 32.4 Å². The molecule has 0 fully saturated rings. The van der Waals surface area contributed by atoms with E-state index in [1.807, 2.05) is 6.08 Å². The molecule has 0 aromatic rings. The third kappa shape index (κ3) is 25.2. The summed E-state index contributed by atoms with van der Waals surface area (Å²) >= 11 is 4.08. The zero-order chi connectivity index (χ0) is 23.5. The molecule has 7 nitrogen and oxygen atoms in total. The Labute approximate surface area is 200 Å².